The second-order valence-corrected chi connectivity index (χ2v) is 10.2. The highest BCUT2D eigenvalue weighted by Gasteiger charge is 2.41. The van der Waals surface area contributed by atoms with E-state index in [1.54, 1.807) is 18.2 Å². The molecule has 0 saturated heterocycles. The molecule has 0 amide bonds. The van der Waals surface area contributed by atoms with Gasteiger partial charge in [0, 0.05) is 28.8 Å². The van der Waals surface area contributed by atoms with Crippen molar-refractivity contribution in [1.82, 2.24) is 0 Å². The Labute approximate surface area is 203 Å². The molecule has 1 aromatic heterocycles. The Hall–Kier alpha value is -4.12. The molecule has 6 rings (SSSR count). The monoisotopic (exact) mass is 463 g/mol. The van der Waals surface area contributed by atoms with Crippen LogP contribution in [0.4, 0.5) is 5.69 Å². The van der Waals surface area contributed by atoms with Gasteiger partial charge in [-0.25, -0.2) is 4.79 Å². The third kappa shape index (κ3) is 3.55. The normalized spacial score (nSPS) is 18.7. The van der Waals surface area contributed by atoms with Crippen LogP contribution in [0.1, 0.15) is 54.4 Å². The van der Waals surface area contributed by atoms with Gasteiger partial charge in [0.2, 0.25) is 0 Å². The summed E-state index contributed by atoms with van der Waals surface area (Å²) in [6.07, 6.45) is 1.29. The Morgan fingerprint density at radius 1 is 1.00 bits per heavy atom. The fourth-order valence-electron chi connectivity index (χ4n) is 5.52. The number of allylic oxidation sites excluding steroid dienone is 1. The number of anilines is 1. The average Bonchev–Trinajstić information content (AvgIpc) is 3.33. The number of carbonyl (C=O) groups is 2. The number of carboxylic acids is 1. The summed E-state index contributed by atoms with van der Waals surface area (Å²) >= 11 is 0. The van der Waals surface area contributed by atoms with Crippen LogP contribution in [0.5, 0.6) is 0 Å². The number of hydrogen-bond donors (Lipinski definition) is 2. The molecule has 1 aliphatic carbocycles. The second-order valence-electron chi connectivity index (χ2n) is 10.2. The maximum absolute atomic E-state index is 13.6. The highest BCUT2D eigenvalue weighted by atomic mass is 16.4. The molecule has 0 radical (unpaired) electrons. The van der Waals surface area contributed by atoms with Gasteiger partial charge in [-0.3, -0.25) is 4.79 Å². The zero-order chi connectivity index (χ0) is 24.3. The summed E-state index contributed by atoms with van der Waals surface area (Å²) in [5.41, 5.74) is 4.72. The van der Waals surface area contributed by atoms with Crippen molar-refractivity contribution < 1.29 is 19.1 Å². The number of furan rings is 1. The second kappa shape index (κ2) is 7.70. The Balaban J connectivity index is 1.50. The van der Waals surface area contributed by atoms with E-state index in [9.17, 15) is 14.7 Å². The van der Waals surface area contributed by atoms with Crippen LogP contribution in [-0.2, 0) is 4.79 Å². The number of aromatic carboxylic acids is 1. The molecule has 2 aliphatic rings. The fourth-order valence-corrected chi connectivity index (χ4v) is 5.52. The van der Waals surface area contributed by atoms with E-state index in [-0.39, 0.29) is 16.8 Å². The molecule has 2 heterocycles. The Kier molecular flexibility index (Phi) is 4.71. The van der Waals surface area contributed by atoms with Gasteiger partial charge in [0.25, 0.3) is 0 Å². The van der Waals surface area contributed by atoms with E-state index in [1.807, 2.05) is 30.3 Å². The number of benzene rings is 3. The standard InChI is InChI=1S/C30H25NO4/c1-30(2)15-21-26-20-9-4-3-6-17(20)10-11-22(26)31-28(27(21)23(32)16-30)25-13-12-24(35-25)18-7-5-8-19(14-18)29(33)34/h3-14,28,31H,15-16H2,1-2H3,(H,33,34)/t28-/m1/s1. The van der Waals surface area contributed by atoms with E-state index in [0.29, 0.717) is 23.5 Å². The van der Waals surface area contributed by atoms with Crippen molar-refractivity contribution in [3.05, 3.63) is 95.3 Å². The van der Waals surface area contributed by atoms with Crippen molar-refractivity contribution >= 4 is 33.8 Å². The van der Waals surface area contributed by atoms with Crippen molar-refractivity contribution in [3.8, 4) is 11.3 Å². The minimum absolute atomic E-state index is 0.127. The lowest BCUT2D eigenvalue weighted by atomic mass is 9.68. The molecule has 2 N–H and O–H groups in total. The predicted octanol–water partition coefficient (Wildman–Crippen LogP) is 7.11. The van der Waals surface area contributed by atoms with Gasteiger partial charge in [-0.15, -0.1) is 0 Å². The van der Waals surface area contributed by atoms with Crippen molar-refractivity contribution in [2.24, 2.45) is 5.41 Å². The van der Waals surface area contributed by atoms with Gasteiger partial charge in [-0.2, -0.15) is 0 Å². The van der Waals surface area contributed by atoms with Crippen LogP contribution in [0, 0.1) is 5.41 Å². The van der Waals surface area contributed by atoms with E-state index in [4.69, 9.17) is 4.42 Å². The fraction of sp³-hybridized carbons (Fsp3) is 0.200. The van der Waals surface area contributed by atoms with Crippen LogP contribution >= 0.6 is 0 Å². The minimum atomic E-state index is -0.985. The summed E-state index contributed by atoms with van der Waals surface area (Å²) in [6.45, 7) is 4.30. The molecular formula is C30H25NO4. The Bertz CT molecular complexity index is 1560. The number of rotatable bonds is 3. The summed E-state index contributed by atoms with van der Waals surface area (Å²) in [5, 5.41) is 15.2. The third-order valence-electron chi connectivity index (χ3n) is 7.04. The maximum atomic E-state index is 13.6. The summed E-state index contributed by atoms with van der Waals surface area (Å²) in [5.74, 6) is 0.361. The maximum Gasteiger partial charge on any atom is 0.335 e. The van der Waals surface area contributed by atoms with Crippen LogP contribution in [0.15, 0.2) is 82.8 Å². The summed E-state index contributed by atoms with van der Waals surface area (Å²) in [7, 11) is 0. The Morgan fingerprint density at radius 2 is 1.83 bits per heavy atom. The molecule has 4 aromatic rings. The lowest BCUT2D eigenvalue weighted by molar-refractivity contribution is -0.118. The number of carbonyl (C=O) groups excluding carboxylic acids is 1. The van der Waals surface area contributed by atoms with Gasteiger partial charge in [-0.1, -0.05) is 56.3 Å². The lowest BCUT2D eigenvalue weighted by Crippen LogP contribution is -2.33. The number of nitrogens with one attached hydrogen (secondary N) is 1. The molecule has 3 aromatic carbocycles. The highest BCUT2D eigenvalue weighted by Crippen LogP contribution is 2.52. The van der Waals surface area contributed by atoms with E-state index < -0.39 is 12.0 Å². The summed E-state index contributed by atoms with van der Waals surface area (Å²) < 4.78 is 6.25. The topological polar surface area (TPSA) is 79.5 Å². The SMILES string of the molecule is CC1(C)CC(=O)C2=C(C1)c1c(ccc3ccccc13)N[C@@H]2c1ccc(-c2cccc(C(=O)O)c2)o1. The van der Waals surface area contributed by atoms with Gasteiger partial charge >= 0.3 is 5.97 Å². The van der Waals surface area contributed by atoms with Crippen LogP contribution in [-0.4, -0.2) is 16.9 Å². The van der Waals surface area contributed by atoms with Crippen LogP contribution < -0.4 is 5.32 Å². The van der Waals surface area contributed by atoms with Gasteiger partial charge in [0.05, 0.1) is 5.56 Å². The first kappa shape index (κ1) is 21.4. The minimum Gasteiger partial charge on any atom is -0.478 e. The van der Waals surface area contributed by atoms with Gasteiger partial charge < -0.3 is 14.8 Å². The summed E-state index contributed by atoms with van der Waals surface area (Å²) in [6, 6.07) is 22.5. The van der Waals surface area contributed by atoms with E-state index >= 15 is 0 Å². The zero-order valence-electron chi connectivity index (χ0n) is 19.6. The van der Waals surface area contributed by atoms with Gasteiger partial charge in [0.15, 0.2) is 5.78 Å². The molecular weight excluding hydrogens is 438 g/mol. The average molecular weight is 464 g/mol. The molecule has 1 aliphatic heterocycles. The molecule has 0 bridgehead atoms. The first-order valence-corrected chi connectivity index (χ1v) is 11.8. The zero-order valence-corrected chi connectivity index (χ0v) is 19.6. The molecule has 5 nitrogen and oxygen atoms in total. The lowest BCUT2D eigenvalue weighted by Gasteiger charge is -2.39. The molecule has 0 fully saturated rings. The highest BCUT2D eigenvalue weighted by molar-refractivity contribution is 6.12. The van der Waals surface area contributed by atoms with Crippen molar-refractivity contribution in [1.29, 1.82) is 0 Å². The number of ketones is 1. The summed E-state index contributed by atoms with van der Waals surface area (Å²) in [4.78, 5) is 25.0. The van der Waals surface area contributed by atoms with Gasteiger partial charge in [0.1, 0.15) is 17.6 Å². The third-order valence-corrected chi connectivity index (χ3v) is 7.04. The largest absolute Gasteiger partial charge is 0.478 e. The van der Waals surface area contributed by atoms with Gasteiger partial charge in [-0.05, 0) is 58.5 Å². The molecule has 0 spiro atoms. The number of Topliss-reactive ketones (excluding diaryl/α,β-unsaturated/α-hetero) is 1. The van der Waals surface area contributed by atoms with Crippen LogP contribution in [0.25, 0.3) is 27.7 Å². The molecule has 174 valence electrons. The van der Waals surface area contributed by atoms with Crippen LogP contribution in [0.3, 0.4) is 0 Å². The van der Waals surface area contributed by atoms with Crippen molar-refractivity contribution in [2.45, 2.75) is 32.7 Å². The molecule has 5 heteroatoms. The molecule has 1 atom stereocenters. The first-order valence-electron chi connectivity index (χ1n) is 11.8. The Morgan fingerprint density at radius 3 is 2.66 bits per heavy atom. The molecule has 35 heavy (non-hydrogen) atoms. The molecule has 0 unspecified atom stereocenters. The number of carboxylic acid groups (broad SMARTS) is 1. The number of fused-ring (bicyclic) bond motifs is 4. The van der Waals surface area contributed by atoms with E-state index in [1.165, 1.54) is 0 Å². The van der Waals surface area contributed by atoms with Crippen molar-refractivity contribution in [2.75, 3.05) is 5.32 Å². The smallest absolute Gasteiger partial charge is 0.335 e. The first-order chi connectivity index (χ1) is 16.8. The molecule has 0 saturated carbocycles. The van der Waals surface area contributed by atoms with Crippen molar-refractivity contribution in [3.63, 3.8) is 0 Å². The van der Waals surface area contributed by atoms with Crippen LogP contribution in [0.2, 0.25) is 0 Å². The van der Waals surface area contributed by atoms with E-state index in [2.05, 4.69) is 43.4 Å². The predicted molar refractivity (Wildman–Crippen MR) is 136 cm³/mol. The van der Waals surface area contributed by atoms with E-state index in [0.717, 1.165) is 39.6 Å². The number of hydrogen-bond acceptors (Lipinski definition) is 4. The quantitative estimate of drug-likeness (QED) is 0.338.